The maximum atomic E-state index is 14.1. The number of amides is 2. The number of rotatable bonds is 10. The smallest absolute Gasteiger partial charge is 0.256 e. The second-order valence-electron chi connectivity index (χ2n) is 18.5. The average Bonchev–Trinajstić information content (AvgIpc) is 4.00. The van der Waals surface area contributed by atoms with E-state index in [4.69, 9.17) is 9.84 Å². The van der Waals surface area contributed by atoms with Crippen LogP contribution in [0, 0.1) is 9.81 Å². The van der Waals surface area contributed by atoms with Crippen molar-refractivity contribution in [3.8, 4) is 17.0 Å². The SMILES string of the molecule is CC/C1=C\N(C)CCCN(C(=O)c2ccc(CN3CCN(Cc4ccc5c(c4)CN(C(=O)c4cc(C(C)C)c(N=O)cc4N=O)C5)CC3)cc2)CCOc2ccc(cc2)-c2ccc3cnc(nn23)N1. The summed E-state index contributed by atoms with van der Waals surface area (Å²) in [5.74, 6) is 0.907. The van der Waals surface area contributed by atoms with Crippen LogP contribution in [-0.2, 0) is 26.2 Å². The van der Waals surface area contributed by atoms with Gasteiger partial charge >= 0.3 is 0 Å². The van der Waals surface area contributed by atoms with E-state index in [1.807, 2.05) is 85.0 Å². The van der Waals surface area contributed by atoms with Crippen LogP contribution in [0.15, 0.2) is 119 Å². The largest absolute Gasteiger partial charge is 0.492 e. The highest BCUT2D eigenvalue weighted by Gasteiger charge is 2.29. The Labute approximate surface area is 402 Å². The van der Waals surface area contributed by atoms with Crippen LogP contribution in [0.2, 0.25) is 0 Å². The molecule has 0 aliphatic carbocycles. The van der Waals surface area contributed by atoms with Crippen molar-refractivity contribution in [3.05, 3.63) is 158 Å². The molecule has 1 N–H and O–H groups in total. The number of carbonyl (C=O) groups is 2. The Balaban J connectivity index is 0.783. The lowest BCUT2D eigenvalue weighted by molar-refractivity contribution is 0.0723. The molecule has 16 heteroatoms. The van der Waals surface area contributed by atoms with E-state index in [0.29, 0.717) is 49.9 Å². The fourth-order valence-corrected chi connectivity index (χ4v) is 9.48. The van der Waals surface area contributed by atoms with Gasteiger partial charge < -0.3 is 24.8 Å². The molecule has 10 rings (SSSR count). The molecule has 6 aromatic rings. The van der Waals surface area contributed by atoms with E-state index in [1.54, 1.807) is 11.0 Å². The highest BCUT2D eigenvalue weighted by Crippen LogP contribution is 2.36. The van der Waals surface area contributed by atoms with Gasteiger partial charge in [-0.3, -0.25) is 19.4 Å². The number of hydrogen-bond donors (Lipinski definition) is 1. The van der Waals surface area contributed by atoms with Gasteiger partial charge in [-0.05, 0) is 118 Å². The number of piperazine rings is 1. The Kier molecular flexibility index (Phi) is 14.2. The molecule has 6 heterocycles. The van der Waals surface area contributed by atoms with Gasteiger partial charge in [0.15, 0.2) is 0 Å². The number of nitrogens with zero attached hydrogens (tertiary/aromatic N) is 10. The molecule has 1 fully saturated rings. The molecule has 0 unspecified atom stereocenters. The van der Waals surface area contributed by atoms with Gasteiger partial charge in [0.2, 0.25) is 5.95 Å². The second-order valence-corrected chi connectivity index (χ2v) is 18.5. The van der Waals surface area contributed by atoms with Crippen LogP contribution in [0.3, 0.4) is 0 Å². The molecule has 4 aliphatic heterocycles. The van der Waals surface area contributed by atoms with Crippen molar-refractivity contribution in [1.29, 1.82) is 0 Å². The summed E-state index contributed by atoms with van der Waals surface area (Å²) in [6.45, 7) is 14.2. The quantitative estimate of drug-likeness (QED) is 0.130. The fourth-order valence-electron chi connectivity index (χ4n) is 9.48. The predicted octanol–water partition coefficient (Wildman–Crippen LogP) is 9.31. The zero-order chi connectivity index (χ0) is 48.0. The number of ether oxygens (including phenoxy) is 1. The van der Waals surface area contributed by atoms with Crippen molar-refractivity contribution in [2.45, 2.75) is 65.7 Å². The fraction of sp³-hybridized carbons (Fsp3) is 0.358. The van der Waals surface area contributed by atoms with Crippen molar-refractivity contribution >= 4 is 34.7 Å². The summed E-state index contributed by atoms with van der Waals surface area (Å²) in [5.41, 5.74) is 9.92. The van der Waals surface area contributed by atoms with Crippen molar-refractivity contribution in [2.24, 2.45) is 10.4 Å². The molecule has 4 aromatic carbocycles. The van der Waals surface area contributed by atoms with Gasteiger partial charge in [0.1, 0.15) is 23.7 Å². The minimum absolute atomic E-state index is 0.0126. The molecule has 0 atom stereocenters. The lowest BCUT2D eigenvalue weighted by Crippen LogP contribution is -2.45. The highest BCUT2D eigenvalue weighted by atomic mass is 16.5. The Bertz CT molecular complexity index is 2870. The molecule has 2 aromatic heterocycles. The normalized spacial score (nSPS) is 16.9. The molecule has 0 saturated carbocycles. The van der Waals surface area contributed by atoms with Gasteiger partial charge in [0.25, 0.3) is 11.8 Å². The van der Waals surface area contributed by atoms with Gasteiger partial charge in [0, 0.05) is 95.5 Å². The van der Waals surface area contributed by atoms with Gasteiger partial charge in [-0.15, -0.1) is 14.9 Å². The van der Waals surface area contributed by atoms with Crippen LogP contribution in [0.1, 0.15) is 88.1 Å². The molecule has 4 aliphatic rings. The number of nitrogens with one attached hydrogen (secondary N) is 1. The van der Waals surface area contributed by atoms with E-state index in [1.165, 1.54) is 17.2 Å². The first-order valence-corrected chi connectivity index (χ1v) is 23.9. The molecule has 0 radical (unpaired) electrons. The first-order valence-electron chi connectivity index (χ1n) is 23.9. The third-order valence-electron chi connectivity index (χ3n) is 13.4. The van der Waals surface area contributed by atoms with E-state index in [-0.39, 0.29) is 34.7 Å². The Hall–Kier alpha value is -7.30. The minimum Gasteiger partial charge on any atom is -0.492 e. The molecule has 2 amide bonds. The molecule has 0 spiro atoms. The Morgan fingerprint density at radius 2 is 1.45 bits per heavy atom. The van der Waals surface area contributed by atoms with Crippen LogP contribution < -0.4 is 10.1 Å². The maximum absolute atomic E-state index is 14.1. The summed E-state index contributed by atoms with van der Waals surface area (Å²) in [6.07, 6.45) is 5.46. The van der Waals surface area contributed by atoms with Gasteiger partial charge in [0.05, 0.1) is 29.5 Å². The van der Waals surface area contributed by atoms with E-state index in [2.05, 4.69) is 78.8 Å². The third-order valence-corrected chi connectivity index (χ3v) is 13.4. The Morgan fingerprint density at radius 3 is 2.16 bits per heavy atom. The molecule has 1 saturated heterocycles. The first-order chi connectivity index (χ1) is 33.5. The number of anilines is 1. The number of carbonyl (C=O) groups excluding carboxylic acids is 2. The monoisotopic (exact) mass is 929 g/mol. The summed E-state index contributed by atoms with van der Waals surface area (Å²) < 4.78 is 8.10. The van der Waals surface area contributed by atoms with Gasteiger partial charge in [-0.25, -0.2) is 9.50 Å². The van der Waals surface area contributed by atoms with E-state index in [9.17, 15) is 19.4 Å². The highest BCUT2D eigenvalue weighted by molar-refractivity contribution is 6.00. The first kappa shape index (κ1) is 46.8. The standard InChI is InChI=1S/C53H59N11O5/c1-5-43-35-59(4)19-6-20-62(25-26-69-45-16-13-39(14-17-45)50-18-15-44-30-54-53(55-43)56-64(44)50)51(65)40-10-7-37(8-11-40)31-60-21-23-61(24-22-60)32-38-9-12-41-33-63(34-42(41)27-38)52(66)47-28-46(36(2)3)48(57-67)29-49(47)58-68/h7-18,27-30,35-36H,5-6,19-26,31-34H2,1-4H3,(H,55,56)/b43-35+. The molecule has 16 nitrogen and oxygen atoms in total. The molecule has 356 valence electrons. The van der Waals surface area contributed by atoms with Crippen molar-refractivity contribution in [1.82, 2.24) is 39.1 Å². The topological polar surface area (TPSA) is 161 Å². The van der Waals surface area contributed by atoms with Crippen molar-refractivity contribution < 1.29 is 14.3 Å². The summed E-state index contributed by atoms with van der Waals surface area (Å²) >= 11 is 0. The molecular formula is C53H59N11O5. The lowest BCUT2D eigenvalue weighted by Gasteiger charge is -2.34. The van der Waals surface area contributed by atoms with Crippen molar-refractivity contribution in [3.63, 3.8) is 0 Å². The molecule has 4 bridgehead atoms. The lowest BCUT2D eigenvalue weighted by atomic mass is 9.97. The number of benzene rings is 4. The number of hydrogen-bond acceptors (Lipinski definition) is 13. The summed E-state index contributed by atoms with van der Waals surface area (Å²) in [7, 11) is 2.05. The summed E-state index contributed by atoms with van der Waals surface area (Å²) in [6, 6.07) is 29.4. The average molecular weight is 930 g/mol. The predicted molar refractivity (Wildman–Crippen MR) is 268 cm³/mol. The van der Waals surface area contributed by atoms with E-state index in [0.717, 1.165) is 98.0 Å². The second kappa shape index (κ2) is 20.9. The van der Waals surface area contributed by atoms with Gasteiger partial charge in [-0.1, -0.05) is 51.1 Å². The number of allylic oxidation sites excluding steroid dienone is 1. The van der Waals surface area contributed by atoms with Crippen LogP contribution in [0.4, 0.5) is 17.3 Å². The number of aromatic nitrogens is 3. The van der Waals surface area contributed by atoms with E-state index < -0.39 is 0 Å². The van der Waals surface area contributed by atoms with E-state index >= 15 is 0 Å². The van der Waals surface area contributed by atoms with Crippen LogP contribution in [0.5, 0.6) is 5.75 Å². The maximum Gasteiger partial charge on any atom is 0.256 e. The zero-order valence-electron chi connectivity index (χ0n) is 39.8. The van der Waals surface area contributed by atoms with Crippen LogP contribution in [-0.4, -0.2) is 110 Å². The van der Waals surface area contributed by atoms with Crippen molar-refractivity contribution in [2.75, 3.05) is 64.8 Å². The molecule has 69 heavy (non-hydrogen) atoms. The van der Waals surface area contributed by atoms with Crippen LogP contribution >= 0.6 is 0 Å². The molecular weight excluding hydrogens is 871 g/mol. The zero-order valence-corrected chi connectivity index (χ0v) is 39.8. The van der Waals surface area contributed by atoms with Gasteiger partial charge in [-0.2, -0.15) is 0 Å². The third kappa shape index (κ3) is 10.7. The number of fused-ring (bicyclic) bond motifs is 12. The van der Waals surface area contributed by atoms with Crippen LogP contribution in [0.25, 0.3) is 16.8 Å². The Morgan fingerprint density at radius 1 is 0.739 bits per heavy atom. The summed E-state index contributed by atoms with van der Waals surface area (Å²) in [4.78, 5) is 66.2. The minimum atomic E-state index is -0.288. The summed E-state index contributed by atoms with van der Waals surface area (Å²) in [5, 5.41) is 14.4. The number of nitroso groups, excluding NO2 is 2.